The number of benzene rings is 3. The summed E-state index contributed by atoms with van der Waals surface area (Å²) in [5.41, 5.74) is 1.52. The summed E-state index contributed by atoms with van der Waals surface area (Å²) in [5.74, 6) is -1.79. The second-order valence-corrected chi connectivity index (χ2v) is 11.6. The minimum Gasteiger partial charge on any atom is -0.353 e. The van der Waals surface area contributed by atoms with Gasteiger partial charge < -0.3 is 5.32 Å². The van der Waals surface area contributed by atoms with Crippen LogP contribution in [0.5, 0.6) is 0 Å². The molecule has 3 aromatic rings. The molecule has 1 aliphatic heterocycles. The van der Waals surface area contributed by atoms with Gasteiger partial charge in [-0.2, -0.15) is 0 Å². The Morgan fingerprint density at radius 2 is 1.63 bits per heavy atom. The standard InChI is InChI=1S/C29H33F2N3O3S/c1-22(20-34(27-10-6-3-7-11-27)38(36,37)21-23-8-4-2-5-9-23)33-16-14-26(15-17-33)32-29(35)18-24-12-13-25(30)19-28(24)31/h2-13,19,22,26H,14-18,20-21H2,1H3,(H,32,35)/t22-/m0/s1. The average molecular weight is 542 g/mol. The molecule has 9 heteroatoms. The first kappa shape index (κ1) is 27.7. The largest absolute Gasteiger partial charge is 0.353 e. The summed E-state index contributed by atoms with van der Waals surface area (Å²) in [6.07, 6.45) is 1.25. The summed E-state index contributed by atoms with van der Waals surface area (Å²) in [7, 11) is -3.63. The highest BCUT2D eigenvalue weighted by molar-refractivity contribution is 7.92. The van der Waals surface area contributed by atoms with Crippen LogP contribution in [-0.2, 0) is 27.0 Å². The fraction of sp³-hybridized carbons (Fsp3) is 0.345. The molecule has 3 aromatic carbocycles. The van der Waals surface area contributed by atoms with E-state index < -0.39 is 21.7 Å². The monoisotopic (exact) mass is 541 g/mol. The highest BCUT2D eigenvalue weighted by atomic mass is 32.2. The van der Waals surface area contributed by atoms with Gasteiger partial charge in [-0.1, -0.05) is 54.6 Å². The molecule has 1 aliphatic rings. The SMILES string of the molecule is C[C@@H](CN(c1ccccc1)S(=O)(=O)Cc1ccccc1)N1CCC(NC(=O)Cc2ccc(F)cc2F)CC1. The van der Waals surface area contributed by atoms with Gasteiger partial charge in [-0.25, -0.2) is 17.2 Å². The van der Waals surface area contributed by atoms with Crippen LogP contribution in [0.3, 0.4) is 0 Å². The minimum absolute atomic E-state index is 0.0503. The van der Waals surface area contributed by atoms with Gasteiger partial charge in [0, 0.05) is 37.8 Å². The maximum atomic E-state index is 13.9. The van der Waals surface area contributed by atoms with Crippen molar-refractivity contribution >= 4 is 21.6 Å². The molecule has 1 N–H and O–H groups in total. The maximum Gasteiger partial charge on any atom is 0.239 e. The average Bonchev–Trinajstić information content (AvgIpc) is 2.90. The van der Waals surface area contributed by atoms with Crippen LogP contribution < -0.4 is 9.62 Å². The van der Waals surface area contributed by atoms with Gasteiger partial charge in [0.05, 0.1) is 17.9 Å². The lowest BCUT2D eigenvalue weighted by Crippen LogP contribution is -2.51. The zero-order chi connectivity index (χ0) is 27.1. The highest BCUT2D eigenvalue weighted by Crippen LogP contribution is 2.23. The second kappa shape index (κ2) is 12.5. The third kappa shape index (κ3) is 7.39. The first-order valence-electron chi connectivity index (χ1n) is 12.8. The third-order valence-electron chi connectivity index (χ3n) is 6.89. The van der Waals surface area contributed by atoms with E-state index in [1.165, 1.54) is 10.4 Å². The zero-order valence-electron chi connectivity index (χ0n) is 21.4. The van der Waals surface area contributed by atoms with E-state index in [0.717, 1.165) is 17.7 Å². The minimum atomic E-state index is -3.63. The molecule has 1 heterocycles. The number of hydrogen-bond donors (Lipinski definition) is 1. The van der Waals surface area contributed by atoms with E-state index in [1.807, 2.05) is 55.5 Å². The molecule has 202 valence electrons. The van der Waals surface area contributed by atoms with E-state index in [-0.39, 0.29) is 35.7 Å². The number of hydrogen-bond acceptors (Lipinski definition) is 4. The van der Waals surface area contributed by atoms with E-state index in [9.17, 15) is 22.0 Å². The van der Waals surface area contributed by atoms with Gasteiger partial charge in [0.1, 0.15) is 11.6 Å². The van der Waals surface area contributed by atoms with Crippen molar-refractivity contribution in [2.75, 3.05) is 23.9 Å². The number of halogens is 2. The van der Waals surface area contributed by atoms with Gasteiger partial charge in [0.15, 0.2) is 0 Å². The Labute approximate surface area is 223 Å². The van der Waals surface area contributed by atoms with E-state index in [2.05, 4.69) is 10.2 Å². The molecule has 1 amide bonds. The van der Waals surface area contributed by atoms with Crippen LogP contribution in [0.25, 0.3) is 0 Å². The highest BCUT2D eigenvalue weighted by Gasteiger charge is 2.29. The number of likely N-dealkylation sites (tertiary alicyclic amines) is 1. The quantitative estimate of drug-likeness (QED) is 0.410. The fourth-order valence-corrected chi connectivity index (χ4v) is 6.45. The molecule has 38 heavy (non-hydrogen) atoms. The Morgan fingerprint density at radius 1 is 1.00 bits per heavy atom. The Morgan fingerprint density at radius 3 is 2.26 bits per heavy atom. The smallest absolute Gasteiger partial charge is 0.239 e. The summed E-state index contributed by atoms with van der Waals surface area (Å²) < 4.78 is 55.5. The lowest BCUT2D eigenvalue weighted by atomic mass is 10.0. The van der Waals surface area contributed by atoms with Gasteiger partial charge in [0.25, 0.3) is 0 Å². The lowest BCUT2D eigenvalue weighted by molar-refractivity contribution is -0.121. The predicted octanol–water partition coefficient (Wildman–Crippen LogP) is 4.51. The number of carbonyl (C=O) groups is 1. The summed E-state index contributed by atoms with van der Waals surface area (Å²) in [5, 5.41) is 2.95. The molecule has 0 aromatic heterocycles. The van der Waals surface area contributed by atoms with Crippen LogP contribution in [-0.4, -0.2) is 50.9 Å². The topological polar surface area (TPSA) is 69.7 Å². The molecule has 1 saturated heterocycles. The Hall–Kier alpha value is -3.30. The molecule has 0 spiro atoms. The van der Waals surface area contributed by atoms with Crippen LogP contribution in [0, 0.1) is 11.6 Å². The molecular weight excluding hydrogens is 508 g/mol. The fourth-order valence-electron chi connectivity index (χ4n) is 4.79. The van der Waals surface area contributed by atoms with Gasteiger partial charge in [-0.05, 0) is 49.1 Å². The summed E-state index contributed by atoms with van der Waals surface area (Å²) in [4.78, 5) is 14.7. The molecule has 0 bridgehead atoms. The normalized spacial score (nSPS) is 15.7. The first-order chi connectivity index (χ1) is 18.2. The number of sulfonamides is 1. The number of nitrogens with one attached hydrogen (secondary N) is 1. The summed E-state index contributed by atoms with van der Waals surface area (Å²) in [6, 6.07) is 21.4. The molecular formula is C29H33F2N3O3S. The molecule has 0 aliphatic carbocycles. The van der Waals surface area contributed by atoms with Crippen LogP contribution in [0.4, 0.5) is 14.5 Å². The van der Waals surface area contributed by atoms with Crippen molar-refractivity contribution in [1.29, 1.82) is 0 Å². The molecule has 0 radical (unpaired) electrons. The molecule has 0 saturated carbocycles. The molecule has 1 atom stereocenters. The van der Waals surface area contributed by atoms with Gasteiger partial charge in [-0.3, -0.25) is 14.0 Å². The van der Waals surface area contributed by atoms with Gasteiger partial charge >= 0.3 is 0 Å². The van der Waals surface area contributed by atoms with Crippen LogP contribution in [0.15, 0.2) is 78.9 Å². The first-order valence-corrected chi connectivity index (χ1v) is 14.4. The van der Waals surface area contributed by atoms with E-state index in [0.29, 0.717) is 38.2 Å². The summed E-state index contributed by atoms with van der Waals surface area (Å²) in [6.45, 7) is 3.71. The molecule has 1 fully saturated rings. The number of carbonyl (C=O) groups excluding carboxylic acids is 1. The zero-order valence-corrected chi connectivity index (χ0v) is 22.2. The number of piperidine rings is 1. The lowest BCUT2D eigenvalue weighted by Gasteiger charge is -2.38. The van der Waals surface area contributed by atoms with Gasteiger partial charge in [0.2, 0.25) is 15.9 Å². The van der Waals surface area contributed by atoms with Crippen molar-refractivity contribution in [2.24, 2.45) is 0 Å². The van der Waals surface area contributed by atoms with E-state index in [1.54, 1.807) is 12.1 Å². The Balaban J connectivity index is 1.35. The number of para-hydroxylation sites is 1. The number of anilines is 1. The Bertz CT molecular complexity index is 1320. The van der Waals surface area contributed by atoms with E-state index in [4.69, 9.17) is 0 Å². The number of rotatable bonds is 10. The van der Waals surface area contributed by atoms with Crippen molar-refractivity contribution in [3.8, 4) is 0 Å². The molecule has 6 nitrogen and oxygen atoms in total. The number of nitrogens with zero attached hydrogens (tertiary/aromatic N) is 2. The van der Waals surface area contributed by atoms with Crippen LogP contribution in [0.2, 0.25) is 0 Å². The van der Waals surface area contributed by atoms with Crippen molar-refractivity contribution < 1.29 is 22.0 Å². The number of amides is 1. The molecule has 0 unspecified atom stereocenters. The van der Waals surface area contributed by atoms with E-state index >= 15 is 0 Å². The van der Waals surface area contributed by atoms with Crippen LogP contribution in [0.1, 0.15) is 30.9 Å². The second-order valence-electron chi connectivity index (χ2n) is 9.75. The van der Waals surface area contributed by atoms with Crippen molar-refractivity contribution in [3.05, 3.63) is 102 Å². The molecule has 4 rings (SSSR count). The Kier molecular flexibility index (Phi) is 9.12. The maximum absolute atomic E-state index is 13.9. The third-order valence-corrected chi connectivity index (χ3v) is 8.62. The van der Waals surface area contributed by atoms with Crippen molar-refractivity contribution in [2.45, 2.75) is 44.0 Å². The van der Waals surface area contributed by atoms with Crippen LogP contribution >= 0.6 is 0 Å². The predicted molar refractivity (Wildman–Crippen MR) is 145 cm³/mol. The van der Waals surface area contributed by atoms with Crippen molar-refractivity contribution in [1.82, 2.24) is 10.2 Å². The van der Waals surface area contributed by atoms with Crippen molar-refractivity contribution in [3.63, 3.8) is 0 Å². The summed E-state index contributed by atoms with van der Waals surface area (Å²) >= 11 is 0. The van der Waals surface area contributed by atoms with Gasteiger partial charge in [-0.15, -0.1) is 0 Å².